The number of nitrogens with two attached hydrogens (primary N) is 3. The highest BCUT2D eigenvalue weighted by Crippen LogP contribution is 2.20. The summed E-state index contributed by atoms with van der Waals surface area (Å²) in [5, 5.41) is 3.80. The van der Waals surface area contributed by atoms with Gasteiger partial charge in [0.2, 0.25) is 5.95 Å². The summed E-state index contributed by atoms with van der Waals surface area (Å²) >= 11 is 0. The normalized spacial score (nSPS) is 11.8. The van der Waals surface area contributed by atoms with E-state index in [1.165, 1.54) is 0 Å². The van der Waals surface area contributed by atoms with Crippen molar-refractivity contribution in [3.05, 3.63) is 71.4 Å². The van der Waals surface area contributed by atoms with Crippen molar-refractivity contribution in [2.45, 2.75) is 13.5 Å². The SMILES string of the molecule is Cc1cccc(-c2cc(C(C=NCc3ccccc3N)=NN)nc(N)n2)c1. The summed E-state index contributed by atoms with van der Waals surface area (Å²) in [7, 11) is 0. The summed E-state index contributed by atoms with van der Waals surface area (Å²) < 4.78 is 0. The molecule has 27 heavy (non-hydrogen) atoms. The highest BCUT2D eigenvalue weighted by molar-refractivity contribution is 6.37. The van der Waals surface area contributed by atoms with Crippen LogP contribution in [0.3, 0.4) is 0 Å². The third-order valence-corrected chi connectivity index (χ3v) is 3.99. The van der Waals surface area contributed by atoms with Gasteiger partial charge in [0, 0.05) is 11.3 Å². The second kappa shape index (κ2) is 8.09. The maximum absolute atomic E-state index is 5.93. The maximum Gasteiger partial charge on any atom is 0.221 e. The predicted octanol–water partition coefficient (Wildman–Crippen LogP) is 2.55. The summed E-state index contributed by atoms with van der Waals surface area (Å²) in [4.78, 5) is 12.9. The van der Waals surface area contributed by atoms with Gasteiger partial charge in [-0.15, -0.1) is 0 Å². The van der Waals surface area contributed by atoms with Gasteiger partial charge in [-0.05, 0) is 30.7 Å². The molecule has 1 aromatic heterocycles. The molecule has 0 aliphatic heterocycles. The molecule has 7 nitrogen and oxygen atoms in total. The second-order valence-corrected chi connectivity index (χ2v) is 6.05. The number of aromatic nitrogens is 2. The van der Waals surface area contributed by atoms with Gasteiger partial charge in [0.25, 0.3) is 0 Å². The van der Waals surface area contributed by atoms with E-state index >= 15 is 0 Å². The number of nitrogens with zero attached hydrogens (tertiary/aromatic N) is 4. The molecule has 7 heteroatoms. The van der Waals surface area contributed by atoms with Gasteiger partial charge in [-0.3, -0.25) is 4.99 Å². The number of hydrogen-bond donors (Lipinski definition) is 3. The van der Waals surface area contributed by atoms with E-state index in [1.54, 1.807) is 12.3 Å². The fourth-order valence-corrected chi connectivity index (χ4v) is 2.62. The van der Waals surface area contributed by atoms with E-state index in [9.17, 15) is 0 Å². The molecule has 3 rings (SSSR count). The van der Waals surface area contributed by atoms with Crippen LogP contribution in [0.1, 0.15) is 16.8 Å². The zero-order chi connectivity index (χ0) is 19.2. The number of para-hydroxylation sites is 1. The molecule has 6 N–H and O–H groups in total. The molecule has 136 valence electrons. The smallest absolute Gasteiger partial charge is 0.221 e. The molecular weight excluding hydrogens is 338 g/mol. The first-order chi connectivity index (χ1) is 13.1. The van der Waals surface area contributed by atoms with Crippen molar-refractivity contribution in [1.29, 1.82) is 0 Å². The Morgan fingerprint density at radius 3 is 2.59 bits per heavy atom. The van der Waals surface area contributed by atoms with E-state index in [0.717, 1.165) is 16.7 Å². The highest BCUT2D eigenvalue weighted by atomic mass is 15.1. The molecule has 0 bridgehead atoms. The lowest BCUT2D eigenvalue weighted by molar-refractivity contribution is 1.08. The Morgan fingerprint density at radius 2 is 1.85 bits per heavy atom. The minimum absolute atomic E-state index is 0.144. The number of hydrogen-bond acceptors (Lipinski definition) is 7. The van der Waals surface area contributed by atoms with Crippen LogP contribution in [0.4, 0.5) is 11.6 Å². The number of aryl methyl sites for hydroxylation is 1. The van der Waals surface area contributed by atoms with Crippen LogP contribution in [0.15, 0.2) is 64.7 Å². The topological polar surface area (TPSA) is 129 Å². The summed E-state index contributed by atoms with van der Waals surface area (Å²) in [5.74, 6) is 5.69. The van der Waals surface area contributed by atoms with Gasteiger partial charge in [0.15, 0.2) is 0 Å². The van der Waals surface area contributed by atoms with Crippen LogP contribution in [0, 0.1) is 6.92 Å². The Bertz CT molecular complexity index is 1010. The van der Waals surface area contributed by atoms with Crippen LogP contribution in [-0.4, -0.2) is 21.9 Å². The molecule has 0 atom stereocenters. The third kappa shape index (κ3) is 4.46. The fourth-order valence-electron chi connectivity index (χ4n) is 2.62. The minimum atomic E-state index is 0.144. The van der Waals surface area contributed by atoms with Crippen molar-refractivity contribution < 1.29 is 0 Å². The molecule has 3 aromatic rings. The zero-order valence-electron chi connectivity index (χ0n) is 15.0. The Labute approximate surface area is 157 Å². The van der Waals surface area contributed by atoms with E-state index in [1.807, 2.05) is 55.5 Å². The molecule has 0 saturated carbocycles. The van der Waals surface area contributed by atoms with Gasteiger partial charge in [-0.1, -0.05) is 42.0 Å². The van der Waals surface area contributed by atoms with E-state index in [2.05, 4.69) is 20.1 Å². The van der Waals surface area contributed by atoms with Crippen LogP contribution in [-0.2, 0) is 6.54 Å². The second-order valence-electron chi connectivity index (χ2n) is 6.05. The molecule has 0 fully saturated rings. The van der Waals surface area contributed by atoms with E-state index in [-0.39, 0.29) is 5.95 Å². The summed E-state index contributed by atoms with van der Waals surface area (Å²) in [6, 6.07) is 17.3. The molecule has 0 radical (unpaired) electrons. The van der Waals surface area contributed by atoms with Gasteiger partial charge >= 0.3 is 0 Å². The molecule has 0 saturated heterocycles. The van der Waals surface area contributed by atoms with Gasteiger partial charge < -0.3 is 17.3 Å². The first-order valence-corrected chi connectivity index (χ1v) is 8.40. The van der Waals surface area contributed by atoms with Crippen molar-refractivity contribution in [2.24, 2.45) is 15.9 Å². The van der Waals surface area contributed by atoms with Crippen LogP contribution >= 0.6 is 0 Å². The lowest BCUT2D eigenvalue weighted by atomic mass is 10.1. The Hall–Kier alpha value is -3.74. The Kier molecular flexibility index (Phi) is 5.41. The summed E-state index contributed by atoms with van der Waals surface area (Å²) in [6.45, 7) is 2.43. The first-order valence-electron chi connectivity index (χ1n) is 8.40. The molecule has 0 unspecified atom stereocenters. The van der Waals surface area contributed by atoms with Gasteiger partial charge in [0.1, 0.15) is 5.71 Å². The molecule has 2 aromatic carbocycles. The number of hydrazone groups is 1. The summed E-state index contributed by atoms with van der Waals surface area (Å²) in [5.41, 5.74) is 17.1. The third-order valence-electron chi connectivity index (χ3n) is 3.99. The van der Waals surface area contributed by atoms with Crippen molar-refractivity contribution in [3.63, 3.8) is 0 Å². The van der Waals surface area contributed by atoms with E-state index in [4.69, 9.17) is 17.3 Å². The largest absolute Gasteiger partial charge is 0.398 e. The number of anilines is 2. The molecule has 0 spiro atoms. The highest BCUT2D eigenvalue weighted by Gasteiger charge is 2.09. The lowest BCUT2D eigenvalue weighted by Gasteiger charge is -2.07. The number of aliphatic imine (C=N–C) groups is 1. The van der Waals surface area contributed by atoms with Crippen LogP contribution in [0.5, 0.6) is 0 Å². The van der Waals surface area contributed by atoms with Crippen molar-refractivity contribution in [1.82, 2.24) is 9.97 Å². The zero-order valence-corrected chi connectivity index (χ0v) is 15.0. The monoisotopic (exact) mass is 359 g/mol. The molecular formula is C20H21N7. The molecule has 0 aliphatic carbocycles. The van der Waals surface area contributed by atoms with Gasteiger partial charge in [-0.2, -0.15) is 5.10 Å². The van der Waals surface area contributed by atoms with Crippen LogP contribution in [0.2, 0.25) is 0 Å². The van der Waals surface area contributed by atoms with Crippen LogP contribution < -0.4 is 17.3 Å². The predicted molar refractivity (Wildman–Crippen MR) is 110 cm³/mol. The standard InChI is InChI=1S/C20H21N7/c1-13-5-4-7-14(9-13)17-10-18(26-20(22)25-17)19(27-23)12-24-11-15-6-2-3-8-16(15)21/h2-10,12H,11,21,23H2,1H3,(H2,22,25,26). The Balaban J connectivity index is 1.87. The van der Waals surface area contributed by atoms with Gasteiger partial charge in [-0.25, -0.2) is 9.97 Å². The minimum Gasteiger partial charge on any atom is -0.398 e. The number of rotatable bonds is 5. The van der Waals surface area contributed by atoms with Crippen molar-refractivity contribution in [3.8, 4) is 11.3 Å². The van der Waals surface area contributed by atoms with Crippen molar-refractivity contribution in [2.75, 3.05) is 11.5 Å². The lowest BCUT2D eigenvalue weighted by Crippen LogP contribution is -2.11. The average Bonchev–Trinajstić information content (AvgIpc) is 2.66. The first kappa shape index (κ1) is 18.1. The maximum atomic E-state index is 5.93. The molecule has 1 heterocycles. The summed E-state index contributed by atoms with van der Waals surface area (Å²) in [6.07, 6.45) is 1.56. The quantitative estimate of drug-likeness (QED) is 0.279. The van der Waals surface area contributed by atoms with Crippen LogP contribution in [0.25, 0.3) is 11.3 Å². The fraction of sp³-hybridized carbons (Fsp3) is 0.100. The van der Waals surface area contributed by atoms with E-state index < -0.39 is 0 Å². The average molecular weight is 359 g/mol. The molecule has 0 amide bonds. The Morgan fingerprint density at radius 1 is 1.04 bits per heavy atom. The number of nitrogen functional groups attached to an aromatic ring is 2. The molecule has 0 aliphatic rings. The number of benzene rings is 2. The van der Waals surface area contributed by atoms with Crippen molar-refractivity contribution >= 4 is 23.6 Å². The van der Waals surface area contributed by atoms with E-state index in [0.29, 0.717) is 29.3 Å². The van der Waals surface area contributed by atoms with Gasteiger partial charge in [0.05, 0.1) is 24.1 Å².